The van der Waals surface area contributed by atoms with Gasteiger partial charge in [-0.2, -0.15) is 5.26 Å². The third kappa shape index (κ3) is 5.38. The Hall–Kier alpha value is -3.28. The Morgan fingerprint density at radius 1 is 1.21 bits per heavy atom. The third-order valence-corrected chi connectivity index (χ3v) is 7.23. The van der Waals surface area contributed by atoms with Gasteiger partial charge in [0.15, 0.2) is 5.09 Å². The van der Waals surface area contributed by atoms with Crippen LogP contribution in [0.2, 0.25) is 0 Å². The molecule has 2 aromatic heterocycles. The van der Waals surface area contributed by atoms with Crippen LogP contribution >= 0.6 is 23.1 Å². The van der Waals surface area contributed by atoms with Gasteiger partial charge in [-0.1, -0.05) is 30.0 Å². The highest BCUT2D eigenvalue weighted by Gasteiger charge is 2.27. The number of nitrogens with one attached hydrogen (secondary N) is 1. The zero-order chi connectivity index (χ0) is 23.2. The molecule has 1 N–H and O–H groups in total. The molecule has 168 valence electrons. The fraction of sp³-hybridized carbons (Fsp3) is 0.240. The molecule has 0 atom stereocenters. The lowest BCUT2D eigenvalue weighted by atomic mass is 9.95. The number of nitriles is 1. The summed E-state index contributed by atoms with van der Waals surface area (Å²) in [6.45, 7) is 2.00. The number of thiophene rings is 1. The highest BCUT2D eigenvalue weighted by Crippen LogP contribution is 2.39. The molecular weight excluding hydrogens is 456 g/mol. The number of anilines is 1. The smallest absolute Gasteiger partial charge is 0.341 e. The molecule has 0 saturated heterocycles. The predicted molar refractivity (Wildman–Crippen MR) is 128 cm³/mol. The van der Waals surface area contributed by atoms with Crippen molar-refractivity contribution in [3.63, 3.8) is 0 Å². The number of amides is 1. The molecule has 1 aliphatic carbocycles. The van der Waals surface area contributed by atoms with E-state index in [0.29, 0.717) is 21.4 Å². The first kappa shape index (κ1) is 22.9. The number of benzene rings is 1. The lowest BCUT2D eigenvalue weighted by Gasteiger charge is -2.12. The van der Waals surface area contributed by atoms with E-state index in [2.05, 4.69) is 5.32 Å². The zero-order valence-corrected chi connectivity index (χ0v) is 19.7. The summed E-state index contributed by atoms with van der Waals surface area (Å²) >= 11 is 2.84. The molecule has 0 fully saturated rings. The van der Waals surface area contributed by atoms with Gasteiger partial charge in [0.05, 0.1) is 12.2 Å². The average molecular weight is 479 g/mol. The van der Waals surface area contributed by atoms with Crippen LogP contribution < -0.4 is 5.32 Å². The fourth-order valence-corrected chi connectivity index (χ4v) is 5.68. The van der Waals surface area contributed by atoms with Gasteiger partial charge < -0.3 is 14.5 Å². The van der Waals surface area contributed by atoms with Crippen molar-refractivity contribution in [3.8, 4) is 6.07 Å². The van der Waals surface area contributed by atoms with E-state index in [4.69, 9.17) is 9.15 Å². The third-order valence-electron chi connectivity index (χ3n) is 5.09. The number of ether oxygens (including phenoxy) is 1. The van der Waals surface area contributed by atoms with Gasteiger partial charge in [-0.15, -0.1) is 11.3 Å². The second-order valence-electron chi connectivity index (χ2n) is 7.33. The van der Waals surface area contributed by atoms with Crippen LogP contribution in [0.4, 0.5) is 5.00 Å². The molecule has 8 heteroatoms. The number of rotatable bonds is 7. The first-order valence-corrected chi connectivity index (χ1v) is 12.3. The molecule has 1 aliphatic rings. The fourth-order valence-electron chi connectivity index (χ4n) is 3.61. The summed E-state index contributed by atoms with van der Waals surface area (Å²) in [5.74, 6) is -0.630. The number of nitrogens with zero attached hydrogens (tertiary/aromatic N) is 1. The summed E-state index contributed by atoms with van der Waals surface area (Å²) in [6.07, 6.45) is 5.10. The van der Waals surface area contributed by atoms with Crippen molar-refractivity contribution in [2.75, 3.05) is 11.9 Å². The number of esters is 1. The summed E-state index contributed by atoms with van der Waals surface area (Å²) in [7, 11) is 0. The number of hydrogen-bond donors (Lipinski definition) is 1. The molecule has 0 saturated carbocycles. The van der Waals surface area contributed by atoms with Crippen molar-refractivity contribution >= 4 is 46.1 Å². The maximum atomic E-state index is 12.9. The topological polar surface area (TPSA) is 92.3 Å². The summed E-state index contributed by atoms with van der Waals surface area (Å²) in [5, 5.41) is 13.4. The number of furan rings is 1. The molecule has 4 rings (SSSR count). The number of carbonyl (C=O) groups excluding carboxylic acids is 2. The highest BCUT2D eigenvalue weighted by molar-refractivity contribution is 7.99. The Balaban J connectivity index is 1.54. The number of carbonyl (C=O) groups is 2. The molecule has 2 heterocycles. The minimum absolute atomic E-state index is 0.109. The first-order chi connectivity index (χ1) is 16.1. The molecule has 0 spiro atoms. The van der Waals surface area contributed by atoms with E-state index in [1.54, 1.807) is 19.1 Å². The van der Waals surface area contributed by atoms with Crippen LogP contribution in [-0.4, -0.2) is 18.5 Å². The summed E-state index contributed by atoms with van der Waals surface area (Å²) < 4.78 is 11.0. The van der Waals surface area contributed by atoms with E-state index >= 15 is 0 Å². The second-order valence-corrected chi connectivity index (χ2v) is 9.51. The molecule has 0 radical (unpaired) electrons. The normalized spacial score (nSPS) is 13.2. The van der Waals surface area contributed by atoms with Crippen LogP contribution in [0.3, 0.4) is 0 Å². The lowest BCUT2D eigenvalue weighted by Crippen LogP contribution is -2.16. The van der Waals surface area contributed by atoms with E-state index in [1.807, 2.05) is 36.4 Å². The van der Waals surface area contributed by atoms with Gasteiger partial charge in [0, 0.05) is 15.8 Å². The van der Waals surface area contributed by atoms with Gasteiger partial charge in [-0.25, -0.2) is 4.79 Å². The van der Waals surface area contributed by atoms with E-state index in [1.165, 1.54) is 29.2 Å². The van der Waals surface area contributed by atoms with E-state index in [9.17, 15) is 14.9 Å². The number of fused-ring (bicyclic) bond motifs is 1. The largest absolute Gasteiger partial charge is 0.462 e. The van der Waals surface area contributed by atoms with Crippen LogP contribution in [0, 0.1) is 11.3 Å². The minimum atomic E-state index is -0.588. The Labute approximate surface area is 200 Å². The van der Waals surface area contributed by atoms with Gasteiger partial charge in [0.1, 0.15) is 22.4 Å². The number of hydrogen-bond acceptors (Lipinski definition) is 7. The van der Waals surface area contributed by atoms with Crippen LogP contribution in [0.15, 0.2) is 62.4 Å². The minimum Gasteiger partial charge on any atom is -0.462 e. The quantitative estimate of drug-likeness (QED) is 0.251. The van der Waals surface area contributed by atoms with Crippen molar-refractivity contribution in [1.82, 2.24) is 0 Å². The highest BCUT2D eigenvalue weighted by atomic mass is 32.2. The van der Waals surface area contributed by atoms with Crippen molar-refractivity contribution < 1.29 is 18.7 Å². The zero-order valence-electron chi connectivity index (χ0n) is 18.1. The van der Waals surface area contributed by atoms with Crippen LogP contribution in [0.1, 0.15) is 46.3 Å². The molecule has 6 nitrogen and oxygen atoms in total. The van der Waals surface area contributed by atoms with Gasteiger partial charge in [0.25, 0.3) is 5.91 Å². The second kappa shape index (κ2) is 10.6. The number of aryl methyl sites for hydroxylation is 1. The molecule has 33 heavy (non-hydrogen) atoms. The van der Waals surface area contributed by atoms with Crippen molar-refractivity contribution in [2.45, 2.75) is 42.6 Å². The molecule has 3 aromatic rings. The monoisotopic (exact) mass is 478 g/mol. The Morgan fingerprint density at radius 2 is 2.00 bits per heavy atom. The van der Waals surface area contributed by atoms with Crippen molar-refractivity contribution in [3.05, 3.63) is 69.8 Å². The Kier molecular flexibility index (Phi) is 7.33. The summed E-state index contributed by atoms with van der Waals surface area (Å²) in [5.41, 5.74) is 1.26. The first-order valence-electron chi connectivity index (χ1n) is 10.7. The standard InChI is InChI=1S/C25H22N2O4S2/c1-2-30-25(29)22-19-10-6-7-11-20(19)33-24(22)27-23(28)16(15-26)14-17-12-13-21(31-17)32-18-8-4-3-5-9-18/h3-5,8-9,12-14H,2,6-7,10-11H2,1H3,(H,27,28). The Bertz CT molecular complexity index is 1240. The van der Waals surface area contributed by atoms with E-state index in [0.717, 1.165) is 41.0 Å². The van der Waals surface area contributed by atoms with Gasteiger partial charge in [-0.05, 0) is 62.4 Å². The summed E-state index contributed by atoms with van der Waals surface area (Å²) in [6, 6.07) is 15.2. The average Bonchev–Trinajstić information content (AvgIpc) is 3.41. The molecule has 0 unspecified atom stereocenters. The molecule has 1 amide bonds. The summed E-state index contributed by atoms with van der Waals surface area (Å²) in [4.78, 5) is 27.6. The van der Waals surface area contributed by atoms with Gasteiger partial charge in [-0.3, -0.25) is 4.79 Å². The van der Waals surface area contributed by atoms with E-state index in [-0.39, 0.29) is 12.2 Å². The van der Waals surface area contributed by atoms with Crippen molar-refractivity contribution in [2.24, 2.45) is 0 Å². The SMILES string of the molecule is CCOC(=O)c1c(NC(=O)C(C#N)=Cc2ccc(Sc3ccccc3)o2)sc2c1CCCC2. The van der Waals surface area contributed by atoms with Crippen LogP contribution in [0.25, 0.3) is 6.08 Å². The Morgan fingerprint density at radius 3 is 2.76 bits per heavy atom. The molecular formula is C25H22N2O4S2. The maximum Gasteiger partial charge on any atom is 0.341 e. The van der Waals surface area contributed by atoms with Crippen molar-refractivity contribution in [1.29, 1.82) is 5.26 Å². The van der Waals surface area contributed by atoms with E-state index < -0.39 is 11.9 Å². The maximum absolute atomic E-state index is 12.9. The van der Waals surface area contributed by atoms with Gasteiger partial charge >= 0.3 is 5.97 Å². The lowest BCUT2D eigenvalue weighted by molar-refractivity contribution is -0.112. The predicted octanol–water partition coefficient (Wildman–Crippen LogP) is 6.09. The van der Waals surface area contributed by atoms with Gasteiger partial charge in [0.2, 0.25) is 0 Å². The molecule has 0 bridgehead atoms. The molecule has 1 aromatic carbocycles. The van der Waals surface area contributed by atoms with Crippen LogP contribution in [-0.2, 0) is 22.4 Å². The molecule has 0 aliphatic heterocycles. The van der Waals surface area contributed by atoms with Crippen LogP contribution in [0.5, 0.6) is 0 Å².